The van der Waals surface area contributed by atoms with E-state index in [0.717, 1.165) is 38.5 Å². The summed E-state index contributed by atoms with van der Waals surface area (Å²) in [7, 11) is 0. The van der Waals surface area contributed by atoms with E-state index < -0.39 is 16.6 Å². The fraction of sp³-hybridized carbons (Fsp3) is 0.944. The molecule has 0 amide bonds. The van der Waals surface area contributed by atoms with Gasteiger partial charge in [0.25, 0.3) is 0 Å². The summed E-state index contributed by atoms with van der Waals surface area (Å²) >= 11 is 0. The predicted molar refractivity (Wildman–Crippen MR) is 84.4 cm³/mol. The Bertz CT molecular complexity index is 381. The lowest BCUT2D eigenvalue weighted by Crippen LogP contribution is -2.56. The van der Waals surface area contributed by atoms with E-state index in [1.807, 2.05) is 6.92 Å². The van der Waals surface area contributed by atoms with Gasteiger partial charge in [-0.15, -0.1) is 0 Å². The number of aliphatic hydroxyl groups excluding tert-OH is 1. The van der Waals surface area contributed by atoms with E-state index in [2.05, 4.69) is 27.2 Å². The van der Waals surface area contributed by atoms with Gasteiger partial charge >= 0.3 is 0 Å². The van der Waals surface area contributed by atoms with Crippen LogP contribution in [0.25, 0.3) is 0 Å². The van der Waals surface area contributed by atoms with Crippen molar-refractivity contribution < 1.29 is 15.3 Å². The summed E-state index contributed by atoms with van der Waals surface area (Å²) in [5.41, 5.74) is -1.00. The minimum atomic E-state index is -1.65. The Morgan fingerprint density at radius 3 is 2.52 bits per heavy atom. The van der Waals surface area contributed by atoms with Gasteiger partial charge in [-0.05, 0) is 43.4 Å². The van der Waals surface area contributed by atoms with Crippen LogP contribution in [0.2, 0.25) is 0 Å². The molecule has 0 aromatic rings. The Labute approximate surface area is 129 Å². The van der Waals surface area contributed by atoms with E-state index in [9.17, 15) is 15.3 Å². The lowest BCUT2D eigenvalue weighted by molar-refractivity contribution is -0.270. The minimum absolute atomic E-state index is 0.0188. The second kappa shape index (κ2) is 5.43. The van der Waals surface area contributed by atoms with Crippen molar-refractivity contribution in [1.29, 1.82) is 0 Å². The van der Waals surface area contributed by atoms with Crippen LogP contribution in [0.5, 0.6) is 0 Å². The van der Waals surface area contributed by atoms with Crippen molar-refractivity contribution in [1.82, 2.24) is 0 Å². The van der Waals surface area contributed by atoms with Crippen LogP contribution in [0.3, 0.4) is 0 Å². The normalized spacial score (nSPS) is 40.8. The Kier molecular flexibility index (Phi) is 4.43. The summed E-state index contributed by atoms with van der Waals surface area (Å²) in [6, 6.07) is 0. The van der Waals surface area contributed by atoms with Gasteiger partial charge in [0.1, 0.15) is 0 Å². The fourth-order valence-electron chi connectivity index (χ4n) is 5.24. The molecular formula is C18H33O3+. The molecule has 2 unspecified atom stereocenters. The molecule has 0 spiro atoms. The van der Waals surface area contributed by atoms with Gasteiger partial charge in [0, 0.05) is 23.9 Å². The van der Waals surface area contributed by atoms with Crippen LogP contribution in [0.15, 0.2) is 0 Å². The van der Waals surface area contributed by atoms with Gasteiger partial charge in [-0.25, -0.2) is 0 Å². The van der Waals surface area contributed by atoms with Crippen LogP contribution in [0, 0.1) is 28.6 Å². The summed E-state index contributed by atoms with van der Waals surface area (Å²) in [6.45, 7) is 8.56. The third-order valence-electron chi connectivity index (χ3n) is 7.04. The first-order valence-electron chi connectivity index (χ1n) is 8.50. The molecule has 0 saturated heterocycles. The Hall–Kier alpha value is -0.250. The number of aliphatic hydroxyl groups is 3. The summed E-state index contributed by atoms with van der Waals surface area (Å²) in [4.78, 5) is 0. The molecule has 3 N–H and O–H groups in total. The maximum absolute atomic E-state index is 10.9. The highest BCUT2D eigenvalue weighted by molar-refractivity contribution is 5.15. The van der Waals surface area contributed by atoms with Crippen molar-refractivity contribution in [3.63, 3.8) is 0 Å². The monoisotopic (exact) mass is 297 g/mol. The summed E-state index contributed by atoms with van der Waals surface area (Å²) < 4.78 is 0. The van der Waals surface area contributed by atoms with Crippen molar-refractivity contribution in [2.75, 3.05) is 6.61 Å². The lowest BCUT2D eigenvalue weighted by atomic mass is 9.52. The first-order chi connectivity index (χ1) is 9.66. The Balaban J connectivity index is 2.34. The third-order valence-corrected chi connectivity index (χ3v) is 7.04. The van der Waals surface area contributed by atoms with Crippen molar-refractivity contribution in [3.05, 3.63) is 6.42 Å². The zero-order valence-corrected chi connectivity index (χ0v) is 14.2. The second-order valence-corrected chi connectivity index (χ2v) is 8.37. The maximum atomic E-state index is 10.9. The molecule has 4 atom stereocenters. The minimum Gasteiger partial charge on any atom is -0.396 e. The number of hydrogen-bond acceptors (Lipinski definition) is 3. The molecule has 2 bridgehead atoms. The predicted octanol–water partition coefficient (Wildman–Crippen LogP) is 3.28. The van der Waals surface area contributed by atoms with E-state index in [0.29, 0.717) is 12.3 Å². The number of unbranched alkanes of at least 4 members (excludes halogenated alkanes) is 2. The van der Waals surface area contributed by atoms with Crippen LogP contribution in [0.1, 0.15) is 72.6 Å². The molecule has 3 heteroatoms. The first kappa shape index (κ1) is 17.1. The first-order valence-corrected chi connectivity index (χ1v) is 8.50. The molecule has 0 aliphatic heterocycles. The molecule has 2 saturated carbocycles. The highest BCUT2D eigenvalue weighted by Crippen LogP contribution is 2.70. The van der Waals surface area contributed by atoms with Gasteiger partial charge in [-0.2, -0.15) is 0 Å². The molecule has 2 rings (SSSR count). The molecule has 0 radical (unpaired) electrons. The molecular weight excluding hydrogens is 264 g/mol. The van der Waals surface area contributed by atoms with Crippen molar-refractivity contribution >= 4 is 0 Å². The Morgan fingerprint density at radius 1 is 1.29 bits per heavy atom. The molecule has 0 aromatic heterocycles. The fourth-order valence-corrected chi connectivity index (χ4v) is 5.24. The van der Waals surface area contributed by atoms with E-state index >= 15 is 0 Å². The summed E-state index contributed by atoms with van der Waals surface area (Å²) in [5.74, 6) is -1.14. The van der Waals surface area contributed by atoms with Gasteiger partial charge in [0.15, 0.2) is 5.79 Å². The molecule has 3 nitrogen and oxygen atoms in total. The highest BCUT2D eigenvalue weighted by Gasteiger charge is 2.70. The van der Waals surface area contributed by atoms with Gasteiger partial charge in [-0.1, -0.05) is 20.8 Å². The van der Waals surface area contributed by atoms with Gasteiger partial charge in [0.2, 0.25) is 0 Å². The third kappa shape index (κ3) is 2.42. The molecule has 122 valence electrons. The molecule has 2 fully saturated rings. The quantitative estimate of drug-likeness (QED) is 0.400. The molecule has 0 aromatic carbocycles. The SMILES string of the molecule is C[CH+]CCCC(C)(CO)C12CC[C@H](C)[C@@](C)(CC1(O)O)C2. The van der Waals surface area contributed by atoms with E-state index in [1.165, 1.54) is 0 Å². The zero-order valence-electron chi connectivity index (χ0n) is 14.2. The highest BCUT2D eigenvalue weighted by atomic mass is 16.5. The van der Waals surface area contributed by atoms with E-state index in [4.69, 9.17) is 0 Å². The largest absolute Gasteiger partial charge is 0.396 e. The molecule has 0 heterocycles. The van der Waals surface area contributed by atoms with Crippen molar-refractivity contribution in [2.24, 2.45) is 22.2 Å². The van der Waals surface area contributed by atoms with Gasteiger partial charge in [0.05, 0.1) is 19.8 Å². The number of hydrogen-bond donors (Lipinski definition) is 3. The lowest BCUT2D eigenvalue weighted by Gasteiger charge is -2.54. The molecule has 2 aliphatic carbocycles. The average molecular weight is 297 g/mol. The van der Waals surface area contributed by atoms with E-state index in [1.54, 1.807) is 0 Å². The van der Waals surface area contributed by atoms with Gasteiger partial charge < -0.3 is 15.3 Å². The van der Waals surface area contributed by atoms with Crippen LogP contribution in [-0.4, -0.2) is 27.7 Å². The molecule has 2 aliphatic rings. The number of fused-ring (bicyclic) bond motifs is 2. The summed E-state index contributed by atoms with van der Waals surface area (Å²) in [6.07, 6.45) is 8.10. The van der Waals surface area contributed by atoms with Crippen molar-refractivity contribution in [3.8, 4) is 0 Å². The van der Waals surface area contributed by atoms with Crippen LogP contribution < -0.4 is 0 Å². The topological polar surface area (TPSA) is 60.7 Å². The zero-order chi connectivity index (χ0) is 15.9. The van der Waals surface area contributed by atoms with Crippen LogP contribution >= 0.6 is 0 Å². The maximum Gasteiger partial charge on any atom is 0.169 e. The standard InChI is InChI=1S/C18H33O3/c1-5-6-7-9-16(4,13-19)17-10-8-14(2)15(3,11-17)12-18(17,20)21/h5,14,19-21H,6-13H2,1-4H3/q+1/t14-,15+,16?,17?/m0/s1. The molecule has 21 heavy (non-hydrogen) atoms. The smallest absolute Gasteiger partial charge is 0.169 e. The Morgan fingerprint density at radius 2 is 1.95 bits per heavy atom. The van der Waals surface area contributed by atoms with Crippen LogP contribution in [-0.2, 0) is 0 Å². The van der Waals surface area contributed by atoms with Crippen LogP contribution in [0.4, 0.5) is 0 Å². The van der Waals surface area contributed by atoms with Crippen molar-refractivity contribution in [2.45, 2.75) is 78.4 Å². The second-order valence-electron chi connectivity index (χ2n) is 8.37. The summed E-state index contributed by atoms with van der Waals surface area (Å²) in [5, 5.41) is 31.8. The number of rotatable bonds is 6. The van der Waals surface area contributed by atoms with Gasteiger partial charge in [-0.3, -0.25) is 0 Å². The van der Waals surface area contributed by atoms with E-state index in [-0.39, 0.29) is 12.0 Å². The average Bonchev–Trinajstić information content (AvgIpc) is 2.59.